The molecular formula is C22H31N3O3. The van der Waals surface area contributed by atoms with Gasteiger partial charge in [-0.3, -0.25) is 14.5 Å². The number of hydrogen-bond donors (Lipinski definition) is 2. The Bertz CT molecular complexity index is 887. The van der Waals surface area contributed by atoms with Crippen LogP contribution in [0.25, 0.3) is 10.9 Å². The van der Waals surface area contributed by atoms with Gasteiger partial charge in [0.1, 0.15) is 0 Å². The molecule has 152 valence electrons. The molecule has 0 bridgehead atoms. The number of benzene rings is 1. The SMILES string of the molecule is COC(=O)C[C@H]1CC[C@@H](CNC(=O)Cc2c(C)[nH]c3c(C)ccc(C)c23)N1C. The van der Waals surface area contributed by atoms with Crippen LogP contribution in [0.1, 0.15) is 41.6 Å². The Morgan fingerprint density at radius 2 is 1.86 bits per heavy atom. The molecule has 0 radical (unpaired) electrons. The number of esters is 1. The molecule has 28 heavy (non-hydrogen) atoms. The van der Waals surface area contributed by atoms with Crippen molar-refractivity contribution in [2.75, 3.05) is 20.7 Å². The number of rotatable bonds is 6. The summed E-state index contributed by atoms with van der Waals surface area (Å²) in [6.07, 6.45) is 2.71. The Morgan fingerprint density at radius 1 is 1.18 bits per heavy atom. The van der Waals surface area contributed by atoms with Crippen molar-refractivity contribution in [3.05, 3.63) is 34.5 Å². The number of carbonyl (C=O) groups excluding carboxylic acids is 2. The molecule has 1 saturated heterocycles. The average molecular weight is 386 g/mol. The maximum absolute atomic E-state index is 12.7. The first-order valence-electron chi connectivity index (χ1n) is 9.94. The van der Waals surface area contributed by atoms with Gasteiger partial charge in [0.15, 0.2) is 0 Å². The number of aromatic amines is 1. The van der Waals surface area contributed by atoms with E-state index in [1.54, 1.807) is 0 Å². The molecule has 3 rings (SSSR count). The fourth-order valence-electron chi connectivity index (χ4n) is 4.35. The summed E-state index contributed by atoms with van der Waals surface area (Å²) in [6, 6.07) is 4.67. The fourth-order valence-corrected chi connectivity index (χ4v) is 4.35. The maximum Gasteiger partial charge on any atom is 0.307 e. The first-order chi connectivity index (χ1) is 13.3. The molecule has 1 aliphatic rings. The number of H-pyrrole nitrogens is 1. The molecule has 2 heterocycles. The molecule has 1 aliphatic heterocycles. The molecule has 1 fully saturated rings. The predicted octanol–water partition coefficient (Wildman–Crippen LogP) is 2.78. The number of aromatic nitrogens is 1. The van der Waals surface area contributed by atoms with Crippen LogP contribution < -0.4 is 5.32 Å². The zero-order valence-electron chi connectivity index (χ0n) is 17.5. The van der Waals surface area contributed by atoms with Crippen LogP contribution in [0, 0.1) is 20.8 Å². The van der Waals surface area contributed by atoms with Gasteiger partial charge in [-0.05, 0) is 57.4 Å². The van der Waals surface area contributed by atoms with Crippen LogP contribution in [0.5, 0.6) is 0 Å². The minimum Gasteiger partial charge on any atom is -0.469 e. The summed E-state index contributed by atoms with van der Waals surface area (Å²) in [6.45, 7) is 6.81. The van der Waals surface area contributed by atoms with E-state index in [1.807, 2.05) is 14.0 Å². The molecule has 6 nitrogen and oxygen atoms in total. The molecule has 6 heteroatoms. The Hall–Kier alpha value is -2.34. The highest BCUT2D eigenvalue weighted by molar-refractivity contribution is 5.93. The van der Waals surface area contributed by atoms with E-state index in [0.717, 1.165) is 29.6 Å². The van der Waals surface area contributed by atoms with Crippen molar-refractivity contribution in [2.45, 2.75) is 58.5 Å². The third-order valence-electron chi connectivity index (χ3n) is 6.18. The lowest BCUT2D eigenvalue weighted by Gasteiger charge is -2.25. The number of amides is 1. The zero-order chi connectivity index (χ0) is 20.4. The van der Waals surface area contributed by atoms with E-state index in [4.69, 9.17) is 4.74 Å². The Morgan fingerprint density at radius 3 is 2.57 bits per heavy atom. The normalized spacial score (nSPS) is 19.9. The predicted molar refractivity (Wildman–Crippen MR) is 110 cm³/mol. The monoisotopic (exact) mass is 385 g/mol. The first-order valence-corrected chi connectivity index (χ1v) is 9.94. The van der Waals surface area contributed by atoms with Crippen molar-refractivity contribution in [1.29, 1.82) is 0 Å². The summed E-state index contributed by atoms with van der Waals surface area (Å²) in [7, 11) is 3.44. The van der Waals surface area contributed by atoms with E-state index in [9.17, 15) is 9.59 Å². The van der Waals surface area contributed by atoms with Crippen molar-refractivity contribution in [3.63, 3.8) is 0 Å². The van der Waals surface area contributed by atoms with Crippen molar-refractivity contribution in [3.8, 4) is 0 Å². The molecule has 1 aromatic carbocycles. The highest BCUT2D eigenvalue weighted by Gasteiger charge is 2.32. The van der Waals surface area contributed by atoms with Crippen LogP contribution in [-0.4, -0.2) is 54.5 Å². The van der Waals surface area contributed by atoms with Crippen molar-refractivity contribution in [1.82, 2.24) is 15.2 Å². The molecule has 1 aromatic heterocycles. The van der Waals surface area contributed by atoms with E-state index >= 15 is 0 Å². The summed E-state index contributed by atoms with van der Waals surface area (Å²) >= 11 is 0. The van der Waals surface area contributed by atoms with E-state index in [2.05, 4.69) is 41.2 Å². The number of fused-ring (bicyclic) bond motifs is 1. The minimum atomic E-state index is -0.179. The Labute approximate surface area is 166 Å². The molecule has 0 unspecified atom stereocenters. The number of likely N-dealkylation sites (tertiary alicyclic amines) is 1. The topological polar surface area (TPSA) is 74.4 Å². The van der Waals surface area contributed by atoms with Gasteiger partial charge in [-0.25, -0.2) is 0 Å². The van der Waals surface area contributed by atoms with Crippen molar-refractivity contribution in [2.24, 2.45) is 0 Å². The van der Waals surface area contributed by atoms with Crippen LogP contribution in [0.4, 0.5) is 0 Å². The van der Waals surface area contributed by atoms with Crippen LogP contribution in [0.3, 0.4) is 0 Å². The number of aryl methyl sites for hydroxylation is 3. The van der Waals surface area contributed by atoms with Gasteiger partial charge in [0.25, 0.3) is 0 Å². The van der Waals surface area contributed by atoms with Gasteiger partial charge in [0, 0.05) is 35.2 Å². The van der Waals surface area contributed by atoms with E-state index in [-0.39, 0.29) is 24.0 Å². The Kier molecular flexibility index (Phi) is 6.08. The smallest absolute Gasteiger partial charge is 0.307 e. The van der Waals surface area contributed by atoms with E-state index < -0.39 is 0 Å². The van der Waals surface area contributed by atoms with Gasteiger partial charge in [-0.2, -0.15) is 0 Å². The van der Waals surface area contributed by atoms with Crippen LogP contribution in [0.2, 0.25) is 0 Å². The standard InChI is InChI=1S/C22H31N3O3/c1-13-6-7-14(2)22-21(13)18(15(3)24-22)11-19(26)23-12-17-9-8-16(25(17)4)10-20(27)28-5/h6-7,16-17,24H,8-12H2,1-5H3,(H,23,26)/t16-,17+/m1/s1. The van der Waals surface area contributed by atoms with Gasteiger partial charge in [-0.1, -0.05) is 12.1 Å². The number of methoxy groups -OCH3 is 1. The lowest BCUT2D eigenvalue weighted by molar-refractivity contribution is -0.141. The van der Waals surface area contributed by atoms with Crippen LogP contribution in [0.15, 0.2) is 12.1 Å². The average Bonchev–Trinajstić information content (AvgIpc) is 3.18. The first kappa shape index (κ1) is 20.4. The van der Waals surface area contributed by atoms with Gasteiger partial charge in [0.2, 0.25) is 5.91 Å². The third-order valence-corrected chi connectivity index (χ3v) is 6.18. The largest absolute Gasteiger partial charge is 0.469 e. The number of nitrogens with zero attached hydrogens (tertiary/aromatic N) is 1. The molecule has 0 aliphatic carbocycles. The summed E-state index contributed by atoms with van der Waals surface area (Å²) < 4.78 is 4.78. The van der Waals surface area contributed by atoms with Gasteiger partial charge >= 0.3 is 5.97 Å². The summed E-state index contributed by atoms with van der Waals surface area (Å²) in [5.41, 5.74) is 5.64. The third kappa shape index (κ3) is 4.07. The van der Waals surface area contributed by atoms with Crippen molar-refractivity contribution < 1.29 is 14.3 Å². The second-order valence-corrected chi connectivity index (χ2v) is 7.99. The second kappa shape index (κ2) is 8.35. The van der Waals surface area contributed by atoms with Crippen molar-refractivity contribution >= 4 is 22.8 Å². The van der Waals surface area contributed by atoms with Gasteiger partial charge in [0.05, 0.1) is 20.0 Å². The Balaban J connectivity index is 1.61. The highest BCUT2D eigenvalue weighted by atomic mass is 16.5. The minimum absolute atomic E-state index is 0.0368. The summed E-state index contributed by atoms with van der Waals surface area (Å²) in [5, 5.41) is 4.27. The number of carbonyl (C=O) groups is 2. The molecule has 0 saturated carbocycles. The molecule has 1 amide bonds. The molecule has 2 aromatic rings. The van der Waals surface area contributed by atoms with Crippen LogP contribution >= 0.6 is 0 Å². The van der Waals surface area contributed by atoms with E-state index in [0.29, 0.717) is 19.4 Å². The highest BCUT2D eigenvalue weighted by Crippen LogP contribution is 2.28. The quantitative estimate of drug-likeness (QED) is 0.750. The zero-order valence-corrected chi connectivity index (χ0v) is 17.5. The molecule has 2 N–H and O–H groups in total. The molecular weight excluding hydrogens is 354 g/mol. The number of hydrogen-bond acceptors (Lipinski definition) is 4. The number of nitrogens with one attached hydrogen (secondary N) is 2. The fraction of sp³-hybridized carbons (Fsp3) is 0.545. The second-order valence-electron chi connectivity index (χ2n) is 7.99. The van der Waals surface area contributed by atoms with E-state index in [1.165, 1.54) is 23.6 Å². The van der Waals surface area contributed by atoms with Gasteiger partial charge in [-0.15, -0.1) is 0 Å². The molecule has 0 spiro atoms. The lowest BCUT2D eigenvalue weighted by Crippen LogP contribution is -2.42. The van der Waals surface area contributed by atoms with Crippen LogP contribution in [-0.2, 0) is 20.7 Å². The number of ether oxygens (including phenoxy) is 1. The summed E-state index contributed by atoms with van der Waals surface area (Å²) in [4.78, 5) is 29.8. The lowest BCUT2D eigenvalue weighted by atomic mass is 10.0. The van der Waals surface area contributed by atoms with Gasteiger partial charge < -0.3 is 15.0 Å². The summed E-state index contributed by atoms with van der Waals surface area (Å²) in [5.74, 6) is -0.142. The molecule has 2 atom stereocenters. The maximum atomic E-state index is 12.7. The number of likely N-dealkylation sites (N-methyl/N-ethyl adjacent to an activating group) is 1.